The highest BCUT2D eigenvalue weighted by molar-refractivity contribution is 5.83. The lowest BCUT2D eigenvalue weighted by Crippen LogP contribution is -2.39. The number of benzene rings is 1. The number of amides is 1. The van der Waals surface area contributed by atoms with Gasteiger partial charge in [-0.3, -0.25) is 9.59 Å². The third kappa shape index (κ3) is 4.24. The fraction of sp³-hybridized carbons (Fsp3) is 0.333. The van der Waals surface area contributed by atoms with Gasteiger partial charge in [0, 0.05) is 6.54 Å². The van der Waals surface area contributed by atoms with E-state index in [1.54, 1.807) is 0 Å². The third-order valence-electron chi connectivity index (χ3n) is 2.29. The summed E-state index contributed by atoms with van der Waals surface area (Å²) in [6.45, 7) is 0.150. The van der Waals surface area contributed by atoms with Crippen molar-refractivity contribution in [3.8, 4) is 0 Å². The van der Waals surface area contributed by atoms with Crippen molar-refractivity contribution in [1.82, 2.24) is 4.90 Å². The molecule has 0 aromatic heterocycles. The quantitative estimate of drug-likeness (QED) is 0.738. The number of methoxy groups -OCH3 is 1. The molecular formula is C12H16N2O3. The first-order valence-electron chi connectivity index (χ1n) is 5.26. The van der Waals surface area contributed by atoms with Gasteiger partial charge in [0.25, 0.3) is 0 Å². The van der Waals surface area contributed by atoms with Crippen molar-refractivity contribution in [2.45, 2.75) is 6.54 Å². The maximum absolute atomic E-state index is 11.6. The van der Waals surface area contributed by atoms with Crippen LogP contribution in [0, 0.1) is 0 Å². The Bertz CT molecular complexity index is 379. The second-order valence-electron chi connectivity index (χ2n) is 3.52. The van der Waals surface area contributed by atoms with Crippen LogP contribution in [-0.2, 0) is 20.9 Å². The molecule has 92 valence electrons. The number of carbonyl (C=O) groups excluding carboxylic acids is 2. The predicted molar refractivity (Wildman–Crippen MR) is 62.9 cm³/mol. The molecule has 0 aliphatic heterocycles. The van der Waals surface area contributed by atoms with Gasteiger partial charge in [-0.15, -0.1) is 0 Å². The molecular weight excluding hydrogens is 220 g/mol. The molecule has 0 aliphatic rings. The van der Waals surface area contributed by atoms with Crippen LogP contribution in [0.25, 0.3) is 0 Å². The lowest BCUT2D eigenvalue weighted by molar-refractivity contribution is -0.146. The van der Waals surface area contributed by atoms with Crippen LogP contribution >= 0.6 is 0 Å². The Kier molecular flexibility index (Phi) is 5.16. The van der Waals surface area contributed by atoms with E-state index in [2.05, 4.69) is 4.74 Å². The minimum absolute atomic E-state index is 0.0819. The lowest BCUT2D eigenvalue weighted by Gasteiger charge is -2.20. The highest BCUT2D eigenvalue weighted by atomic mass is 16.5. The Morgan fingerprint density at radius 1 is 1.29 bits per heavy atom. The van der Waals surface area contributed by atoms with Gasteiger partial charge >= 0.3 is 5.97 Å². The molecule has 0 fully saturated rings. The van der Waals surface area contributed by atoms with Crippen molar-refractivity contribution in [1.29, 1.82) is 0 Å². The normalized spacial score (nSPS) is 9.76. The average Bonchev–Trinajstić information content (AvgIpc) is 2.38. The summed E-state index contributed by atoms with van der Waals surface area (Å²) in [6.07, 6.45) is 0. The van der Waals surface area contributed by atoms with Crippen molar-refractivity contribution >= 4 is 11.9 Å². The molecule has 0 saturated heterocycles. The van der Waals surface area contributed by atoms with Crippen LogP contribution in [0.3, 0.4) is 0 Å². The second-order valence-corrected chi connectivity index (χ2v) is 3.52. The number of hydrogen-bond donors (Lipinski definition) is 1. The second kappa shape index (κ2) is 6.65. The zero-order valence-corrected chi connectivity index (χ0v) is 9.76. The van der Waals surface area contributed by atoms with Crippen LogP contribution in [0.5, 0.6) is 0 Å². The molecule has 1 amide bonds. The average molecular weight is 236 g/mol. The monoisotopic (exact) mass is 236 g/mol. The van der Waals surface area contributed by atoms with Gasteiger partial charge in [-0.25, -0.2) is 0 Å². The van der Waals surface area contributed by atoms with Crippen LogP contribution in [-0.4, -0.2) is 37.0 Å². The Balaban J connectivity index is 2.70. The third-order valence-corrected chi connectivity index (χ3v) is 2.29. The fourth-order valence-electron chi connectivity index (χ4n) is 1.39. The van der Waals surface area contributed by atoms with Crippen molar-refractivity contribution in [3.05, 3.63) is 35.9 Å². The number of ether oxygens (including phenoxy) is 1. The summed E-state index contributed by atoms with van der Waals surface area (Å²) < 4.78 is 4.54. The summed E-state index contributed by atoms with van der Waals surface area (Å²) in [4.78, 5) is 24.1. The number of rotatable bonds is 5. The van der Waals surface area contributed by atoms with Gasteiger partial charge in [0.15, 0.2) is 0 Å². The maximum atomic E-state index is 11.6. The summed E-state index contributed by atoms with van der Waals surface area (Å²) in [7, 11) is 1.29. The molecule has 0 heterocycles. The van der Waals surface area contributed by atoms with Crippen LogP contribution in [0.2, 0.25) is 0 Å². The van der Waals surface area contributed by atoms with E-state index in [1.165, 1.54) is 12.0 Å². The Morgan fingerprint density at radius 2 is 1.94 bits per heavy atom. The minimum Gasteiger partial charge on any atom is -0.468 e. The molecule has 0 saturated carbocycles. The highest BCUT2D eigenvalue weighted by Gasteiger charge is 2.16. The molecule has 1 aromatic rings. The van der Waals surface area contributed by atoms with E-state index in [9.17, 15) is 9.59 Å². The van der Waals surface area contributed by atoms with E-state index in [4.69, 9.17) is 5.73 Å². The zero-order valence-electron chi connectivity index (χ0n) is 9.76. The number of nitrogens with two attached hydrogens (primary N) is 1. The van der Waals surface area contributed by atoms with Gasteiger partial charge in [-0.1, -0.05) is 30.3 Å². The molecule has 0 radical (unpaired) electrons. The van der Waals surface area contributed by atoms with Gasteiger partial charge < -0.3 is 15.4 Å². The van der Waals surface area contributed by atoms with Gasteiger partial charge in [0.05, 0.1) is 13.7 Å². The molecule has 5 heteroatoms. The van der Waals surface area contributed by atoms with Crippen LogP contribution < -0.4 is 5.73 Å². The van der Waals surface area contributed by atoms with E-state index < -0.39 is 5.97 Å². The number of esters is 1. The smallest absolute Gasteiger partial charge is 0.325 e. The van der Waals surface area contributed by atoms with E-state index in [0.29, 0.717) is 6.54 Å². The van der Waals surface area contributed by atoms with E-state index >= 15 is 0 Å². The van der Waals surface area contributed by atoms with Crippen molar-refractivity contribution in [2.75, 3.05) is 20.2 Å². The van der Waals surface area contributed by atoms with E-state index in [-0.39, 0.29) is 19.0 Å². The van der Waals surface area contributed by atoms with Crippen LogP contribution in [0.1, 0.15) is 5.56 Å². The van der Waals surface area contributed by atoms with Crippen LogP contribution in [0.4, 0.5) is 0 Å². The van der Waals surface area contributed by atoms with E-state index in [1.807, 2.05) is 30.3 Å². The summed E-state index contributed by atoms with van der Waals surface area (Å²) in [5.74, 6) is -0.734. The standard InChI is InChI=1S/C12H16N2O3/c1-17-12(16)9-14(11(15)7-13)8-10-5-3-2-4-6-10/h2-6H,7-9,13H2,1H3. The first-order chi connectivity index (χ1) is 8.17. The molecule has 2 N–H and O–H groups in total. The number of nitrogens with zero attached hydrogens (tertiary/aromatic N) is 1. The van der Waals surface area contributed by atoms with Crippen LogP contribution in [0.15, 0.2) is 30.3 Å². The predicted octanol–water partition coefficient (Wildman–Crippen LogP) is 0.147. The molecule has 5 nitrogen and oxygen atoms in total. The van der Waals surface area contributed by atoms with Gasteiger partial charge in [-0.05, 0) is 5.56 Å². The Morgan fingerprint density at radius 3 is 2.47 bits per heavy atom. The van der Waals surface area contributed by atoms with Crippen molar-refractivity contribution < 1.29 is 14.3 Å². The summed E-state index contributed by atoms with van der Waals surface area (Å²) >= 11 is 0. The highest BCUT2D eigenvalue weighted by Crippen LogP contribution is 2.04. The SMILES string of the molecule is COC(=O)CN(Cc1ccccc1)C(=O)CN. The fourth-order valence-corrected chi connectivity index (χ4v) is 1.39. The minimum atomic E-state index is -0.456. The molecule has 1 aromatic carbocycles. The van der Waals surface area contributed by atoms with E-state index in [0.717, 1.165) is 5.56 Å². The lowest BCUT2D eigenvalue weighted by atomic mass is 10.2. The molecule has 1 rings (SSSR count). The largest absolute Gasteiger partial charge is 0.468 e. The summed E-state index contributed by atoms with van der Waals surface area (Å²) in [5, 5.41) is 0. The summed E-state index contributed by atoms with van der Waals surface area (Å²) in [5.41, 5.74) is 6.24. The van der Waals surface area contributed by atoms with Crippen molar-refractivity contribution in [2.24, 2.45) is 5.73 Å². The van der Waals surface area contributed by atoms with Gasteiger partial charge in [-0.2, -0.15) is 0 Å². The van der Waals surface area contributed by atoms with Gasteiger partial charge in [0.1, 0.15) is 6.54 Å². The molecule has 0 spiro atoms. The molecule has 0 atom stereocenters. The summed E-state index contributed by atoms with van der Waals surface area (Å²) in [6, 6.07) is 9.40. The zero-order chi connectivity index (χ0) is 12.7. The molecule has 0 unspecified atom stereocenters. The topological polar surface area (TPSA) is 72.6 Å². The Hall–Kier alpha value is -1.88. The first-order valence-corrected chi connectivity index (χ1v) is 5.26. The first kappa shape index (κ1) is 13.2. The Labute approximate surface area is 100 Å². The maximum Gasteiger partial charge on any atom is 0.325 e. The van der Waals surface area contributed by atoms with Gasteiger partial charge in [0.2, 0.25) is 5.91 Å². The van der Waals surface area contributed by atoms with Crippen molar-refractivity contribution in [3.63, 3.8) is 0 Å². The number of hydrogen-bond acceptors (Lipinski definition) is 4. The molecule has 0 bridgehead atoms. The molecule has 17 heavy (non-hydrogen) atoms. The molecule has 0 aliphatic carbocycles. The number of carbonyl (C=O) groups is 2.